The van der Waals surface area contributed by atoms with Crippen LogP contribution < -0.4 is 4.72 Å². The standard InChI is InChI=1S/C18H22N4O3S2/c1-11-15(18-21-20-17(25-18)13-6-4-7-13)22(3)12(2)16(11)27(23,24)19-10-14-8-5-9-26-14/h5,8-9,13,19H,4,6-7,10H2,1-3H3. The zero-order chi connectivity index (χ0) is 19.2. The fourth-order valence-corrected chi connectivity index (χ4v) is 5.70. The highest BCUT2D eigenvalue weighted by molar-refractivity contribution is 7.89. The van der Waals surface area contributed by atoms with E-state index in [1.54, 1.807) is 13.8 Å². The number of aromatic nitrogens is 3. The second kappa shape index (κ2) is 6.88. The summed E-state index contributed by atoms with van der Waals surface area (Å²) in [5, 5.41) is 10.3. The summed E-state index contributed by atoms with van der Waals surface area (Å²) in [4.78, 5) is 1.24. The Bertz CT molecular complexity index is 1060. The fourth-order valence-electron chi connectivity index (χ4n) is 3.45. The van der Waals surface area contributed by atoms with Crippen molar-refractivity contribution in [1.29, 1.82) is 0 Å². The van der Waals surface area contributed by atoms with Crippen LogP contribution in [-0.4, -0.2) is 23.2 Å². The molecule has 1 saturated carbocycles. The second-order valence-corrected chi connectivity index (χ2v) is 9.66. The van der Waals surface area contributed by atoms with Crippen LogP contribution in [0.15, 0.2) is 26.8 Å². The number of nitrogens with one attached hydrogen (secondary N) is 1. The third kappa shape index (κ3) is 3.24. The van der Waals surface area contributed by atoms with E-state index in [0.717, 1.165) is 17.7 Å². The molecular formula is C18H22N4O3S2. The first-order valence-electron chi connectivity index (χ1n) is 8.90. The van der Waals surface area contributed by atoms with Crippen molar-refractivity contribution < 1.29 is 12.8 Å². The predicted octanol–water partition coefficient (Wildman–Crippen LogP) is 3.50. The number of sulfonamides is 1. The van der Waals surface area contributed by atoms with Gasteiger partial charge in [0.25, 0.3) is 5.89 Å². The van der Waals surface area contributed by atoms with Crippen LogP contribution in [0.2, 0.25) is 0 Å². The highest BCUT2D eigenvalue weighted by Crippen LogP contribution is 2.38. The number of hydrogen-bond donors (Lipinski definition) is 1. The zero-order valence-electron chi connectivity index (χ0n) is 15.5. The van der Waals surface area contributed by atoms with Gasteiger partial charge in [-0.3, -0.25) is 0 Å². The maximum atomic E-state index is 12.9. The van der Waals surface area contributed by atoms with Crippen LogP contribution in [0.4, 0.5) is 0 Å². The van der Waals surface area contributed by atoms with Gasteiger partial charge in [-0.25, -0.2) is 13.1 Å². The molecule has 3 aromatic heterocycles. The lowest BCUT2D eigenvalue weighted by Crippen LogP contribution is -2.24. The highest BCUT2D eigenvalue weighted by Gasteiger charge is 2.30. The Morgan fingerprint density at radius 1 is 1.33 bits per heavy atom. The van der Waals surface area contributed by atoms with E-state index in [2.05, 4.69) is 14.9 Å². The van der Waals surface area contributed by atoms with E-state index >= 15 is 0 Å². The number of thiophene rings is 1. The Kier molecular flexibility index (Phi) is 4.69. The third-order valence-electron chi connectivity index (χ3n) is 5.25. The molecule has 3 aromatic rings. The molecule has 0 unspecified atom stereocenters. The molecule has 0 bridgehead atoms. The smallest absolute Gasteiger partial charge is 0.264 e. The molecule has 1 N–H and O–H groups in total. The summed E-state index contributed by atoms with van der Waals surface area (Å²) < 4.78 is 36.3. The van der Waals surface area contributed by atoms with Crippen LogP contribution >= 0.6 is 11.3 Å². The van der Waals surface area contributed by atoms with Crippen molar-refractivity contribution in [1.82, 2.24) is 19.5 Å². The van der Waals surface area contributed by atoms with Gasteiger partial charge in [0, 0.05) is 35.6 Å². The minimum Gasteiger partial charge on any atom is -0.419 e. The van der Waals surface area contributed by atoms with E-state index in [0.29, 0.717) is 34.7 Å². The van der Waals surface area contributed by atoms with Gasteiger partial charge in [0.1, 0.15) is 10.6 Å². The van der Waals surface area contributed by atoms with Gasteiger partial charge in [-0.05, 0) is 38.1 Å². The van der Waals surface area contributed by atoms with Gasteiger partial charge >= 0.3 is 0 Å². The molecule has 0 aliphatic heterocycles. The molecule has 0 radical (unpaired) electrons. The third-order valence-corrected chi connectivity index (χ3v) is 7.79. The normalized spacial score (nSPS) is 15.2. The van der Waals surface area contributed by atoms with E-state index in [1.165, 1.54) is 17.8 Å². The molecule has 1 aliphatic rings. The molecule has 7 nitrogen and oxygen atoms in total. The van der Waals surface area contributed by atoms with Crippen molar-refractivity contribution in [3.05, 3.63) is 39.5 Å². The lowest BCUT2D eigenvalue weighted by molar-refractivity contribution is 0.337. The lowest BCUT2D eigenvalue weighted by Gasteiger charge is -2.20. The number of rotatable bonds is 6. The Hall–Kier alpha value is -1.97. The van der Waals surface area contributed by atoms with Gasteiger partial charge in [0.15, 0.2) is 0 Å². The first-order valence-corrected chi connectivity index (χ1v) is 11.3. The summed E-state index contributed by atoms with van der Waals surface area (Å²) in [7, 11) is -1.84. The van der Waals surface area contributed by atoms with Crippen LogP contribution in [0.5, 0.6) is 0 Å². The molecule has 0 atom stereocenters. The van der Waals surface area contributed by atoms with Crippen LogP contribution in [0.25, 0.3) is 11.6 Å². The van der Waals surface area contributed by atoms with Gasteiger partial charge in [0.05, 0.1) is 0 Å². The van der Waals surface area contributed by atoms with Crippen LogP contribution in [0.3, 0.4) is 0 Å². The van der Waals surface area contributed by atoms with Gasteiger partial charge in [0.2, 0.25) is 15.9 Å². The molecule has 0 amide bonds. The Labute approximate surface area is 162 Å². The summed E-state index contributed by atoms with van der Waals surface area (Å²) >= 11 is 1.52. The van der Waals surface area contributed by atoms with Crippen LogP contribution in [0, 0.1) is 13.8 Å². The topological polar surface area (TPSA) is 90.0 Å². The molecule has 27 heavy (non-hydrogen) atoms. The number of nitrogens with zero attached hydrogens (tertiary/aromatic N) is 3. The Morgan fingerprint density at radius 3 is 2.74 bits per heavy atom. The summed E-state index contributed by atoms with van der Waals surface area (Å²) in [6.45, 7) is 3.85. The zero-order valence-corrected chi connectivity index (χ0v) is 17.2. The molecule has 4 rings (SSSR count). The summed E-state index contributed by atoms with van der Waals surface area (Å²) in [5.74, 6) is 1.36. The van der Waals surface area contributed by atoms with Gasteiger partial charge in [-0.2, -0.15) is 0 Å². The quantitative estimate of drug-likeness (QED) is 0.677. The van der Waals surface area contributed by atoms with Crippen molar-refractivity contribution in [2.75, 3.05) is 0 Å². The van der Waals surface area contributed by atoms with E-state index in [1.807, 2.05) is 29.1 Å². The van der Waals surface area contributed by atoms with Gasteiger partial charge in [-0.15, -0.1) is 21.5 Å². The van der Waals surface area contributed by atoms with E-state index < -0.39 is 10.0 Å². The largest absolute Gasteiger partial charge is 0.419 e. The predicted molar refractivity (Wildman–Crippen MR) is 103 cm³/mol. The Balaban J connectivity index is 1.68. The van der Waals surface area contributed by atoms with Crippen molar-refractivity contribution >= 4 is 21.4 Å². The molecule has 1 fully saturated rings. The summed E-state index contributed by atoms with van der Waals surface area (Å²) in [6, 6.07) is 3.81. The van der Waals surface area contributed by atoms with E-state index in [-0.39, 0.29) is 11.4 Å². The molecule has 0 spiro atoms. The fraction of sp³-hybridized carbons (Fsp3) is 0.444. The molecule has 3 heterocycles. The van der Waals surface area contributed by atoms with Gasteiger partial charge < -0.3 is 8.98 Å². The maximum Gasteiger partial charge on any atom is 0.264 e. The first-order chi connectivity index (χ1) is 12.9. The average molecular weight is 407 g/mol. The summed E-state index contributed by atoms with van der Waals surface area (Å²) in [6.07, 6.45) is 3.32. The maximum absolute atomic E-state index is 12.9. The summed E-state index contributed by atoms with van der Waals surface area (Å²) in [5.41, 5.74) is 1.92. The SMILES string of the molecule is Cc1c(S(=O)(=O)NCc2cccs2)c(C)n(C)c1-c1nnc(C2CCC2)o1. The molecule has 0 saturated heterocycles. The minimum absolute atomic E-state index is 0.273. The van der Waals surface area contributed by atoms with Crippen molar-refractivity contribution in [3.63, 3.8) is 0 Å². The van der Waals surface area contributed by atoms with Crippen molar-refractivity contribution in [3.8, 4) is 11.6 Å². The Morgan fingerprint density at radius 2 is 2.11 bits per heavy atom. The second-order valence-electron chi connectivity index (χ2n) is 6.92. The number of hydrogen-bond acceptors (Lipinski definition) is 6. The lowest BCUT2D eigenvalue weighted by atomic mass is 9.85. The molecule has 0 aromatic carbocycles. The molecule has 144 valence electrons. The van der Waals surface area contributed by atoms with Crippen LogP contribution in [-0.2, 0) is 23.6 Å². The molecular weight excluding hydrogens is 384 g/mol. The van der Waals surface area contributed by atoms with Crippen molar-refractivity contribution in [2.45, 2.75) is 50.5 Å². The van der Waals surface area contributed by atoms with E-state index in [9.17, 15) is 8.42 Å². The van der Waals surface area contributed by atoms with Crippen LogP contribution in [0.1, 0.15) is 47.2 Å². The molecule has 9 heteroatoms. The monoisotopic (exact) mass is 406 g/mol. The highest BCUT2D eigenvalue weighted by atomic mass is 32.2. The minimum atomic E-state index is -3.66. The first kappa shape index (κ1) is 18.4. The van der Waals surface area contributed by atoms with Crippen molar-refractivity contribution in [2.24, 2.45) is 7.05 Å². The average Bonchev–Trinajstić information content (AvgIpc) is 3.27. The van der Waals surface area contributed by atoms with E-state index in [4.69, 9.17) is 4.42 Å². The molecule has 1 aliphatic carbocycles. The van der Waals surface area contributed by atoms with Gasteiger partial charge in [-0.1, -0.05) is 12.5 Å².